The largest absolute Gasteiger partial charge is 0.412 e. The first-order valence-corrected chi connectivity index (χ1v) is 0.565. The van der Waals surface area contributed by atoms with Crippen LogP contribution in [0.15, 0.2) is 0 Å². The molecular formula is H19NNiO12. The average Bonchev–Trinajstić information content (AvgIpc) is 0.811. The van der Waals surface area contributed by atoms with Gasteiger partial charge in [0.1, 0.15) is 0 Å². The maximum Gasteiger partial charge on any atom is 0.291 e. The summed E-state index contributed by atoms with van der Waals surface area (Å²) in [7, 11) is 0. The third kappa shape index (κ3) is 2720. The molecule has 0 bridgehead atoms. The Hall–Kier alpha value is -0.666. The van der Waals surface area contributed by atoms with Gasteiger partial charge in [-0.05, 0) is 0 Å². The molecule has 0 rings (SSSR count). The smallest absolute Gasteiger partial charge is 0.291 e. The van der Waals surface area contributed by atoms with Crippen LogP contribution in [0.4, 0.5) is 0 Å². The van der Waals surface area contributed by atoms with Crippen LogP contribution in [0.3, 0.4) is 0 Å². The van der Waals surface area contributed by atoms with Gasteiger partial charge in [-0.25, -0.2) is 0 Å². The van der Waals surface area contributed by atoms with Crippen molar-refractivity contribution in [1.82, 2.24) is 0 Å². The van der Waals surface area contributed by atoms with Crippen molar-refractivity contribution in [3.63, 3.8) is 0 Å². The summed E-state index contributed by atoms with van der Waals surface area (Å²) >= 11 is 0. The third-order valence-electron chi connectivity index (χ3n) is 0. The van der Waals surface area contributed by atoms with Crippen LogP contribution in [-0.4, -0.2) is 59.6 Å². The van der Waals surface area contributed by atoms with E-state index in [1.54, 1.807) is 0 Å². The summed E-state index contributed by atoms with van der Waals surface area (Å²) in [6.07, 6.45) is 0. The van der Waals surface area contributed by atoms with Crippen molar-refractivity contribution in [3.8, 4) is 0 Å². The molecule has 0 aromatic rings. The summed E-state index contributed by atoms with van der Waals surface area (Å²) in [5.74, 6) is 0. The molecule has 19 N–H and O–H groups in total. The van der Waals surface area contributed by atoms with Crippen molar-refractivity contribution in [2.24, 2.45) is 0 Å². The first kappa shape index (κ1) is 372. The fourth-order valence-electron chi connectivity index (χ4n) is 0. The zero-order valence-electron chi connectivity index (χ0n) is 6.53. The van der Waals surface area contributed by atoms with Crippen molar-refractivity contribution in [2.45, 2.75) is 0 Å². The standard InChI is InChI=1S/HNO3.Ni.9H2O/c2-1(3)4;;;;;;;;;;/h(H,2,3,4);;9*1H2. The average molecular weight is 284 g/mol. The van der Waals surface area contributed by atoms with Gasteiger partial charge in [0, 0.05) is 16.5 Å². The van der Waals surface area contributed by atoms with Crippen LogP contribution in [-0.2, 0) is 16.5 Å². The normalized spacial score (nSPS) is 1.71. The van der Waals surface area contributed by atoms with Gasteiger partial charge in [-0.1, -0.05) is 0 Å². The summed E-state index contributed by atoms with van der Waals surface area (Å²) < 4.78 is 0. The topological polar surface area (TPSA) is 347 Å². The maximum absolute atomic E-state index is 8.36. The number of rotatable bonds is 0. The summed E-state index contributed by atoms with van der Waals surface area (Å²) in [5.41, 5.74) is 0. The molecule has 0 saturated carbocycles. The quantitative estimate of drug-likeness (QED) is 0.257. The summed E-state index contributed by atoms with van der Waals surface area (Å²) in [6, 6.07) is 0. The zero-order chi connectivity index (χ0) is 3.58. The molecule has 0 aromatic carbocycles. The molecule has 0 fully saturated rings. The molecule has 0 unspecified atom stereocenters. The Kier molecular flexibility index (Phi) is 7740. The zero-order valence-corrected chi connectivity index (χ0v) is 7.51. The minimum Gasteiger partial charge on any atom is -0.412 e. The monoisotopic (exact) mass is 283 g/mol. The number of nitrogens with zero attached hydrogens (tertiary/aromatic N) is 1. The van der Waals surface area contributed by atoms with Crippen LogP contribution in [0.5, 0.6) is 0 Å². The third-order valence-corrected chi connectivity index (χ3v) is 0. The second kappa shape index (κ2) is 291. The molecule has 0 spiro atoms. The Morgan fingerprint density at radius 1 is 0.714 bits per heavy atom. The molecule has 0 heterocycles. The van der Waals surface area contributed by atoms with Gasteiger partial charge in [0.25, 0.3) is 5.09 Å². The van der Waals surface area contributed by atoms with Gasteiger partial charge in [-0.15, -0.1) is 10.1 Å². The van der Waals surface area contributed by atoms with Crippen LogP contribution in [0.2, 0.25) is 0 Å². The van der Waals surface area contributed by atoms with Gasteiger partial charge in [-0.2, -0.15) is 0 Å². The Balaban J connectivity index is -0.000000001000. The van der Waals surface area contributed by atoms with Crippen LogP contribution in [0.25, 0.3) is 0 Å². The van der Waals surface area contributed by atoms with Gasteiger partial charge in [-0.3, -0.25) is 0 Å². The summed E-state index contributed by atoms with van der Waals surface area (Å²) in [5, 5.41) is 13.6. The van der Waals surface area contributed by atoms with E-state index in [9.17, 15) is 0 Å². The molecular weight excluding hydrogens is 265 g/mol. The molecule has 0 aliphatic heterocycles. The SMILES string of the molecule is O.O.O.O.O.O.O.O.O.O=[N+]([O-])O.[Ni]. The molecule has 0 aliphatic carbocycles. The summed E-state index contributed by atoms with van der Waals surface area (Å²) in [4.78, 5) is 8.36. The first-order chi connectivity index (χ1) is 1.73. The predicted molar refractivity (Wildman–Crippen MR) is 41.3 cm³/mol. The molecule has 106 valence electrons. The van der Waals surface area contributed by atoms with Crippen molar-refractivity contribution in [1.29, 1.82) is 0 Å². The first-order valence-electron chi connectivity index (χ1n) is 0.565. The van der Waals surface area contributed by atoms with Gasteiger partial charge in [0.15, 0.2) is 0 Å². The molecule has 14 heteroatoms. The molecule has 0 atom stereocenters. The van der Waals surface area contributed by atoms with E-state index in [0.29, 0.717) is 0 Å². The molecule has 14 heavy (non-hydrogen) atoms. The van der Waals surface area contributed by atoms with Crippen molar-refractivity contribution >= 4 is 0 Å². The van der Waals surface area contributed by atoms with Gasteiger partial charge in [0.05, 0.1) is 0 Å². The molecule has 0 aliphatic rings. The van der Waals surface area contributed by atoms with E-state index in [4.69, 9.17) is 15.3 Å². The van der Waals surface area contributed by atoms with E-state index in [1.165, 1.54) is 0 Å². The van der Waals surface area contributed by atoms with Crippen molar-refractivity contribution in [2.75, 3.05) is 0 Å². The van der Waals surface area contributed by atoms with Gasteiger partial charge >= 0.3 is 0 Å². The second-order valence-electron chi connectivity index (χ2n) is 0.238. The Bertz CT molecular complexity index is 33.3. The summed E-state index contributed by atoms with van der Waals surface area (Å²) in [6.45, 7) is 0. The van der Waals surface area contributed by atoms with Gasteiger partial charge in [0.2, 0.25) is 0 Å². The molecule has 0 aromatic heterocycles. The minimum absolute atomic E-state index is 0. The molecule has 13 nitrogen and oxygen atoms in total. The second-order valence-corrected chi connectivity index (χ2v) is 0.238. The van der Waals surface area contributed by atoms with Crippen LogP contribution >= 0.6 is 0 Å². The number of hydrogen-bond acceptors (Lipinski definition) is 2. The maximum atomic E-state index is 8.36. The van der Waals surface area contributed by atoms with Crippen molar-refractivity contribution < 1.29 is 76.1 Å². The minimum atomic E-state index is -1.50. The van der Waals surface area contributed by atoms with E-state index < -0.39 is 5.09 Å². The predicted octanol–water partition coefficient (Wildman–Crippen LogP) is -7.77. The fourth-order valence-corrected chi connectivity index (χ4v) is 0. The van der Waals surface area contributed by atoms with E-state index >= 15 is 0 Å². The number of hydrogen-bond donors (Lipinski definition) is 1. The molecule has 0 radical (unpaired) electrons. The fraction of sp³-hybridized carbons (Fsp3) is 0. The van der Waals surface area contributed by atoms with E-state index in [0.717, 1.165) is 0 Å². The molecule has 0 amide bonds. The molecule has 0 saturated heterocycles. The van der Waals surface area contributed by atoms with E-state index in [-0.39, 0.29) is 65.8 Å². The Morgan fingerprint density at radius 2 is 0.714 bits per heavy atom. The van der Waals surface area contributed by atoms with Crippen LogP contribution < -0.4 is 0 Å². The van der Waals surface area contributed by atoms with Gasteiger partial charge < -0.3 is 54.5 Å². The van der Waals surface area contributed by atoms with Crippen molar-refractivity contribution in [3.05, 3.63) is 10.1 Å². The van der Waals surface area contributed by atoms with E-state index in [1.807, 2.05) is 0 Å². The Morgan fingerprint density at radius 3 is 0.714 bits per heavy atom. The van der Waals surface area contributed by atoms with Crippen LogP contribution in [0.1, 0.15) is 0 Å². The van der Waals surface area contributed by atoms with Crippen LogP contribution in [0, 0.1) is 10.1 Å². The van der Waals surface area contributed by atoms with E-state index in [2.05, 4.69) is 0 Å². The Labute approximate surface area is 87.1 Å².